The molecule has 0 saturated carbocycles. The number of likely N-dealkylation sites (tertiary alicyclic amines) is 1. The Labute approximate surface area is 125 Å². The molecule has 1 amide bonds. The summed E-state index contributed by atoms with van der Waals surface area (Å²) in [7, 11) is 0. The van der Waals surface area contributed by atoms with E-state index in [1.165, 1.54) is 6.42 Å². The van der Waals surface area contributed by atoms with Crippen molar-refractivity contribution in [1.29, 1.82) is 0 Å². The van der Waals surface area contributed by atoms with E-state index in [2.05, 4.69) is 17.1 Å². The number of nitrogens with one attached hydrogen (secondary N) is 1. The fourth-order valence-electron chi connectivity index (χ4n) is 2.63. The van der Waals surface area contributed by atoms with Crippen molar-refractivity contribution in [3.05, 3.63) is 28.8 Å². The van der Waals surface area contributed by atoms with E-state index in [1.807, 2.05) is 0 Å². The van der Waals surface area contributed by atoms with Gasteiger partial charge >= 0.3 is 0 Å². The summed E-state index contributed by atoms with van der Waals surface area (Å²) in [4.78, 5) is 13.7. The summed E-state index contributed by atoms with van der Waals surface area (Å²) in [6.07, 6.45) is 3.39. The van der Waals surface area contributed by atoms with Crippen LogP contribution in [-0.4, -0.2) is 36.5 Å². The van der Waals surface area contributed by atoms with E-state index >= 15 is 0 Å². The van der Waals surface area contributed by atoms with Gasteiger partial charge in [0.2, 0.25) is 5.91 Å². The Hall–Kier alpha value is -1.26. The van der Waals surface area contributed by atoms with Gasteiger partial charge in [-0.1, -0.05) is 18.5 Å². The number of hydrogen-bond donors (Lipinski definition) is 2. The summed E-state index contributed by atoms with van der Waals surface area (Å²) >= 11 is 6.19. The van der Waals surface area contributed by atoms with Gasteiger partial charge in [0.15, 0.2) is 0 Å². The Balaban J connectivity index is 2.05. The third-order valence-corrected chi connectivity index (χ3v) is 4.21. The summed E-state index contributed by atoms with van der Waals surface area (Å²) in [6.45, 7) is 5.55. The largest absolute Gasteiger partial charge is 0.381 e. The molecule has 0 aliphatic carbocycles. The first-order valence-electron chi connectivity index (χ1n) is 7.18. The highest BCUT2D eigenvalue weighted by Gasteiger charge is 2.17. The van der Waals surface area contributed by atoms with Gasteiger partial charge in [-0.25, -0.2) is 0 Å². The molecule has 5 heteroatoms. The third-order valence-electron chi connectivity index (χ3n) is 3.88. The van der Waals surface area contributed by atoms with E-state index in [1.54, 1.807) is 18.2 Å². The fourth-order valence-corrected chi connectivity index (χ4v) is 2.80. The molecule has 1 unspecified atom stereocenters. The molecule has 0 radical (unpaired) electrons. The molecule has 1 aromatic carbocycles. The van der Waals surface area contributed by atoms with Crippen molar-refractivity contribution in [3.63, 3.8) is 0 Å². The van der Waals surface area contributed by atoms with Crippen molar-refractivity contribution in [2.75, 3.05) is 25.0 Å². The van der Waals surface area contributed by atoms with Crippen LogP contribution in [0, 0.1) is 0 Å². The van der Waals surface area contributed by atoms with Gasteiger partial charge in [0.25, 0.3) is 0 Å². The van der Waals surface area contributed by atoms with Crippen molar-refractivity contribution in [2.24, 2.45) is 5.73 Å². The van der Waals surface area contributed by atoms with Crippen molar-refractivity contribution >= 4 is 23.2 Å². The molecule has 3 N–H and O–H groups in total. The number of benzene rings is 1. The molecule has 1 aliphatic heterocycles. The smallest absolute Gasteiger partial charge is 0.248 e. The first-order chi connectivity index (χ1) is 9.60. The zero-order valence-corrected chi connectivity index (χ0v) is 12.6. The first-order valence-corrected chi connectivity index (χ1v) is 7.56. The number of nitrogens with two attached hydrogens (primary N) is 1. The molecule has 1 aromatic rings. The van der Waals surface area contributed by atoms with Crippen LogP contribution in [0.25, 0.3) is 0 Å². The maximum Gasteiger partial charge on any atom is 0.248 e. The summed E-state index contributed by atoms with van der Waals surface area (Å²) in [5.74, 6) is -0.428. The topological polar surface area (TPSA) is 58.4 Å². The molecular formula is C15H22ClN3O. The number of nitrogens with zero attached hydrogens (tertiary/aromatic N) is 1. The van der Waals surface area contributed by atoms with Crippen LogP contribution in [0.5, 0.6) is 0 Å². The zero-order chi connectivity index (χ0) is 14.5. The van der Waals surface area contributed by atoms with Crippen LogP contribution in [0.15, 0.2) is 18.2 Å². The molecule has 0 spiro atoms. The van der Waals surface area contributed by atoms with Crippen LogP contribution in [-0.2, 0) is 0 Å². The van der Waals surface area contributed by atoms with Crippen LogP contribution in [0.4, 0.5) is 5.69 Å². The van der Waals surface area contributed by atoms with E-state index in [0.717, 1.165) is 38.2 Å². The highest BCUT2D eigenvalue weighted by molar-refractivity contribution is 6.33. The fraction of sp³-hybridized carbons (Fsp3) is 0.533. The molecule has 2 rings (SSSR count). The van der Waals surface area contributed by atoms with Gasteiger partial charge in [-0.15, -0.1) is 0 Å². The van der Waals surface area contributed by atoms with Crippen LogP contribution in [0.2, 0.25) is 5.02 Å². The average Bonchev–Trinajstić information content (AvgIpc) is 2.66. The van der Waals surface area contributed by atoms with Gasteiger partial charge in [-0.2, -0.15) is 0 Å². The second-order valence-electron chi connectivity index (χ2n) is 5.27. The minimum Gasteiger partial charge on any atom is -0.381 e. The molecule has 1 fully saturated rings. The molecule has 1 aliphatic rings. The first kappa shape index (κ1) is 15.1. The number of halogens is 1. The number of rotatable bonds is 4. The molecule has 0 aromatic heterocycles. The van der Waals surface area contributed by atoms with Crippen molar-refractivity contribution in [2.45, 2.75) is 32.2 Å². The molecule has 1 heterocycles. The number of carbonyl (C=O) groups excluding carboxylic acids is 1. The Kier molecular flexibility index (Phi) is 5.26. The van der Waals surface area contributed by atoms with E-state index in [0.29, 0.717) is 16.6 Å². The predicted octanol–water partition coefficient (Wildman–Crippen LogP) is 2.73. The molecule has 0 bridgehead atoms. The van der Waals surface area contributed by atoms with Gasteiger partial charge in [0.1, 0.15) is 0 Å². The Morgan fingerprint density at radius 1 is 1.45 bits per heavy atom. The highest BCUT2D eigenvalue weighted by Crippen LogP contribution is 2.25. The maximum absolute atomic E-state index is 11.2. The normalized spacial score (nSPS) is 20.4. The van der Waals surface area contributed by atoms with Crippen LogP contribution < -0.4 is 11.1 Å². The average molecular weight is 296 g/mol. The maximum atomic E-state index is 11.2. The Morgan fingerprint density at radius 3 is 2.95 bits per heavy atom. The lowest BCUT2D eigenvalue weighted by Gasteiger charge is -2.20. The standard InChI is InChI=1S/C15H22ClN3O/c1-2-19-8-3-4-12(7-9-19)18-14-10-11(15(17)20)5-6-13(14)16/h5-6,10,12,18H,2-4,7-9H2,1H3,(H2,17,20). The summed E-state index contributed by atoms with van der Waals surface area (Å²) in [5, 5.41) is 4.09. The molecule has 110 valence electrons. The van der Waals surface area contributed by atoms with Crippen molar-refractivity contribution in [1.82, 2.24) is 4.90 Å². The van der Waals surface area contributed by atoms with Crippen LogP contribution >= 0.6 is 11.6 Å². The van der Waals surface area contributed by atoms with Gasteiger partial charge in [0, 0.05) is 18.2 Å². The van der Waals surface area contributed by atoms with Gasteiger partial charge in [0.05, 0.1) is 10.7 Å². The molecule has 1 saturated heterocycles. The Bertz CT molecular complexity index is 478. The summed E-state index contributed by atoms with van der Waals surface area (Å²) in [6, 6.07) is 5.51. The second kappa shape index (κ2) is 6.95. The monoisotopic (exact) mass is 295 g/mol. The van der Waals surface area contributed by atoms with Crippen molar-refractivity contribution < 1.29 is 4.79 Å². The Morgan fingerprint density at radius 2 is 2.25 bits per heavy atom. The highest BCUT2D eigenvalue weighted by atomic mass is 35.5. The second-order valence-corrected chi connectivity index (χ2v) is 5.67. The lowest BCUT2D eigenvalue weighted by molar-refractivity contribution is 0.100. The number of hydrogen-bond acceptors (Lipinski definition) is 3. The molecular weight excluding hydrogens is 274 g/mol. The lowest BCUT2D eigenvalue weighted by atomic mass is 10.1. The molecule has 20 heavy (non-hydrogen) atoms. The van der Waals surface area contributed by atoms with Gasteiger partial charge < -0.3 is 16.0 Å². The number of anilines is 1. The zero-order valence-electron chi connectivity index (χ0n) is 11.9. The minimum atomic E-state index is -0.428. The van der Waals surface area contributed by atoms with Gasteiger partial charge in [-0.3, -0.25) is 4.79 Å². The lowest BCUT2D eigenvalue weighted by Crippen LogP contribution is -2.26. The number of carbonyl (C=O) groups is 1. The SMILES string of the molecule is CCN1CCCC(Nc2cc(C(N)=O)ccc2Cl)CC1. The third kappa shape index (κ3) is 3.87. The van der Waals surface area contributed by atoms with Crippen LogP contribution in [0.3, 0.4) is 0 Å². The van der Waals surface area contributed by atoms with E-state index < -0.39 is 5.91 Å². The van der Waals surface area contributed by atoms with E-state index in [-0.39, 0.29) is 0 Å². The van der Waals surface area contributed by atoms with Gasteiger partial charge in [-0.05, 0) is 50.6 Å². The van der Waals surface area contributed by atoms with E-state index in [9.17, 15) is 4.79 Å². The molecule has 4 nitrogen and oxygen atoms in total. The number of primary amides is 1. The van der Waals surface area contributed by atoms with Crippen molar-refractivity contribution in [3.8, 4) is 0 Å². The van der Waals surface area contributed by atoms with Crippen LogP contribution in [0.1, 0.15) is 36.5 Å². The van der Waals surface area contributed by atoms with E-state index in [4.69, 9.17) is 17.3 Å². The molecule has 1 atom stereocenters. The number of amides is 1. The summed E-state index contributed by atoms with van der Waals surface area (Å²) in [5.41, 5.74) is 6.60. The predicted molar refractivity (Wildman–Crippen MR) is 83.3 cm³/mol. The minimum absolute atomic E-state index is 0.396. The summed E-state index contributed by atoms with van der Waals surface area (Å²) < 4.78 is 0. The quantitative estimate of drug-likeness (QED) is 0.898.